The Morgan fingerprint density at radius 1 is 0.857 bits per heavy atom. The average molecular weight is 391 g/mol. The zero-order chi connectivity index (χ0) is 21.0. The van der Waals surface area contributed by atoms with Gasteiger partial charge < -0.3 is 20.1 Å². The number of aliphatic hydroxyl groups excluding tert-OH is 3. The van der Waals surface area contributed by atoms with Gasteiger partial charge >= 0.3 is 5.97 Å². The maximum atomic E-state index is 10.9. The molecule has 0 aliphatic rings. The Morgan fingerprint density at radius 3 is 2.11 bits per heavy atom. The van der Waals surface area contributed by atoms with E-state index in [1.54, 1.807) is 42.5 Å². The number of rotatable bonds is 14. The maximum Gasteiger partial charge on any atom is 0.305 e. The van der Waals surface area contributed by atoms with E-state index in [1.165, 1.54) is 13.2 Å². The van der Waals surface area contributed by atoms with Crippen molar-refractivity contribution in [3.05, 3.63) is 72.9 Å². The molecule has 156 valence electrons. The summed E-state index contributed by atoms with van der Waals surface area (Å²) in [5.41, 5.74) is 0. The minimum absolute atomic E-state index is 0.273. The Hall–Kier alpha value is -2.21. The molecule has 0 spiro atoms. The van der Waals surface area contributed by atoms with E-state index in [0.717, 1.165) is 6.42 Å². The molecule has 0 fully saturated rings. The summed E-state index contributed by atoms with van der Waals surface area (Å²) in [5.74, 6) is -0.273. The lowest BCUT2D eigenvalue weighted by molar-refractivity contribution is -0.140. The number of hydrogen-bond donors (Lipinski definition) is 3. The summed E-state index contributed by atoms with van der Waals surface area (Å²) in [7, 11) is 1.34. The molecule has 0 heterocycles. The van der Waals surface area contributed by atoms with E-state index in [4.69, 9.17) is 0 Å². The van der Waals surface area contributed by atoms with Crippen LogP contribution in [0.4, 0.5) is 0 Å². The van der Waals surface area contributed by atoms with Crippen LogP contribution in [0.3, 0.4) is 0 Å². The molecule has 0 unspecified atom stereocenters. The van der Waals surface area contributed by atoms with Crippen molar-refractivity contribution < 1.29 is 24.9 Å². The van der Waals surface area contributed by atoms with Crippen LogP contribution in [0.15, 0.2) is 72.9 Å². The molecule has 28 heavy (non-hydrogen) atoms. The monoisotopic (exact) mass is 390 g/mol. The molecule has 5 heteroatoms. The number of allylic oxidation sites excluding steroid dienone is 8. The van der Waals surface area contributed by atoms with Crippen molar-refractivity contribution in [3.8, 4) is 0 Å². The van der Waals surface area contributed by atoms with E-state index < -0.39 is 18.3 Å². The Morgan fingerprint density at radius 2 is 1.46 bits per heavy atom. The van der Waals surface area contributed by atoms with E-state index in [-0.39, 0.29) is 5.97 Å². The van der Waals surface area contributed by atoms with Gasteiger partial charge in [-0.05, 0) is 25.7 Å². The number of carbonyl (C=O) groups excluding carboxylic acids is 1. The quantitative estimate of drug-likeness (QED) is 0.240. The number of ether oxygens (including phenoxy) is 1. The third-order valence-corrected chi connectivity index (χ3v) is 3.66. The Labute approximate surface area is 168 Å². The molecule has 0 amide bonds. The first-order valence-electron chi connectivity index (χ1n) is 9.60. The third-order valence-electron chi connectivity index (χ3n) is 3.66. The second kappa shape index (κ2) is 18.2. The van der Waals surface area contributed by atoms with Crippen LogP contribution in [-0.2, 0) is 9.53 Å². The van der Waals surface area contributed by atoms with Crippen LogP contribution in [0.1, 0.15) is 39.0 Å². The van der Waals surface area contributed by atoms with Gasteiger partial charge in [-0.3, -0.25) is 4.79 Å². The molecule has 0 aromatic heterocycles. The zero-order valence-electron chi connectivity index (χ0n) is 16.9. The molecule has 5 nitrogen and oxygen atoms in total. The molecule has 0 rings (SSSR count). The maximum absolute atomic E-state index is 10.9. The van der Waals surface area contributed by atoms with E-state index >= 15 is 0 Å². The van der Waals surface area contributed by atoms with Gasteiger partial charge in [0.25, 0.3) is 0 Å². The van der Waals surface area contributed by atoms with Crippen molar-refractivity contribution >= 4 is 5.97 Å². The van der Waals surface area contributed by atoms with Crippen LogP contribution in [-0.4, -0.2) is 46.7 Å². The van der Waals surface area contributed by atoms with Gasteiger partial charge in [-0.15, -0.1) is 0 Å². The van der Waals surface area contributed by atoms with Gasteiger partial charge in [0.1, 0.15) is 0 Å². The first-order chi connectivity index (χ1) is 13.5. The van der Waals surface area contributed by atoms with Gasteiger partial charge in [-0.25, -0.2) is 0 Å². The third kappa shape index (κ3) is 16.0. The van der Waals surface area contributed by atoms with Gasteiger partial charge in [0.05, 0.1) is 25.4 Å². The first kappa shape index (κ1) is 25.8. The summed E-state index contributed by atoms with van der Waals surface area (Å²) in [6, 6.07) is 0. The molecule has 0 saturated heterocycles. The Bertz CT molecular complexity index is 570. The highest BCUT2D eigenvalue weighted by molar-refractivity contribution is 5.69. The summed E-state index contributed by atoms with van der Waals surface area (Å²) in [6.07, 6.45) is 21.7. The highest BCUT2D eigenvalue weighted by Crippen LogP contribution is 2.04. The van der Waals surface area contributed by atoms with Crippen LogP contribution in [0.2, 0.25) is 0 Å². The van der Waals surface area contributed by atoms with Gasteiger partial charge in [0.2, 0.25) is 0 Å². The number of methoxy groups -OCH3 is 1. The SMILES string of the molecule is CC/C=C\C[C@@H](O)/C=C/C=C\C=C\C=C\[C@@H](O)[C@@H](O)C/C=C\CCC(=O)OC. The van der Waals surface area contributed by atoms with Gasteiger partial charge in [0, 0.05) is 6.42 Å². The largest absolute Gasteiger partial charge is 0.469 e. The molecule has 0 aliphatic carbocycles. The number of aliphatic hydroxyl groups is 3. The van der Waals surface area contributed by atoms with Gasteiger partial charge in [0.15, 0.2) is 0 Å². The van der Waals surface area contributed by atoms with Crippen molar-refractivity contribution in [2.24, 2.45) is 0 Å². The summed E-state index contributed by atoms with van der Waals surface area (Å²) < 4.78 is 4.53. The lowest BCUT2D eigenvalue weighted by atomic mass is 10.1. The lowest BCUT2D eigenvalue weighted by Crippen LogP contribution is -2.22. The molecule has 0 aromatic rings. The number of hydrogen-bond acceptors (Lipinski definition) is 5. The summed E-state index contributed by atoms with van der Waals surface area (Å²) >= 11 is 0. The standard InChI is InChI=1S/C23H34O5/c1-3-4-10-15-20(24)16-11-7-5-6-8-12-17-21(25)22(26)18-13-9-14-19-23(27)28-2/h4-13,16-17,20-22,24-26H,3,14-15,18-19H2,1-2H3/b7-5-,8-6+,10-4-,13-9-,16-11+,17-12+/t20-,21-,22+/m1/s1. The Balaban J connectivity index is 4.06. The molecule has 0 saturated carbocycles. The average Bonchev–Trinajstić information content (AvgIpc) is 2.69. The predicted molar refractivity (Wildman–Crippen MR) is 114 cm³/mol. The van der Waals surface area contributed by atoms with Gasteiger partial charge in [-0.2, -0.15) is 0 Å². The molecule has 3 atom stereocenters. The topological polar surface area (TPSA) is 87.0 Å². The molecular formula is C23H34O5. The molecule has 0 aromatic carbocycles. The zero-order valence-corrected chi connectivity index (χ0v) is 16.9. The molecule has 0 aliphatic heterocycles. The fraction of sp³-hybridized carbons (Fsp3) is 0.435. The predicted octanol–water partition coefficient (Wildman–Crippen LogP) is 3.55. The van der Waals surface area contributed by atoms with Crippen molar-refractivity contribution in [3.63, 3.8) is 0 Å². The summed E-state index contributed by atoms with van der Waals surface area (Å²) in [4.78, 5) is 10.9. The van der Waals surface area contributed by atoms with E-state index in [9.17, 15) is 20.1 Å². The number of carbonyl (C=O) groups is 1. The van der Waals surface area contributed by atoms with E-state index in [2.05, 4.69) is 11.7 Å². The second-order valence-corrected chi connectivity index (χ2v) is 6.10. The van der Waals surface area contributed by atoms with Crippen LogP contribution in [0, 0.1) is 0 Å². The van der Waals surface area contributed by atoms with Crippen molar-refractivity contribution in [2.75, 3.05) is 7.11 Å². The second-order valence-electron chi connectivity index (χ2n) is 6.10. The van der Waals surface area contributed by atoms with Crippen LogP contribution >= 0.6 is 0 Å². The van der Waals surface area contributed by atoms with E-state index in [0.29, 0.717) is 25.7 Å². The minimum Gasteiger partial charge on any atom is -0.469 e. The highest BCUT2D eigenvalue weighted by Gasteiger charge is 2.10. The normalized spacial score (nSPS) is 16.3. The van der Waals surface area contributed by atoms with Crippen molar-refractivity contribution in [1.29, 1.82) is 0 Å². The van der Waals surface area contributed by atoms with Crippen molar-refractivity contribution in [2.45, 2.75) is 57.3 Å². The van der Waals surface area contributed by atoms with E-state index in [1.807, 2.05) is 24.3 Å². The molecular weight excluding hydrogens is 356 g/mol. The summed E-state index contributed by atoms with van der Waals surface area (Å²) in [6.45, 7) is 2.05. The van der Waals surface area contributed by atoms with Gasteiger partial charge in [-0.1, -0.05) is 79.8 Å². The minimum atomic E-state index is -0.967. The smallest absolute Gasteiger partial charge is 0.305 e. The summed E-state index contributed by atoms with van der Waals surface area (Å²) in [5, 5.41) is 29.4. The fourth-order valence-electron chi connectivity index (χ4n) is 2.03. The van der Waals surface area contributed by atoms with Crippen LogP contribution in [0.25, 0.3) is 0 Å². The first-order valence-corrected chi connectivity index (χ1v) is 9.60. The highest BCUT2D eigenvalue weighted by atomic mass is 16.5. The molecule has 3 N–H and O–H groups in total. The van der Waals surface area contributed by atoms with Crippen LogP contribution in [0.5, 0.6) is 0 Å². The Kier molecular flexibility index (Phi) is 16.7. The van der Waals surface area contributed by atoms with Crippen molar-refractivity contribution in [1.82, 2.24) is 0 Å². The fourth-order valence-corrected chi connectivity index (χ4v) is 2.03. The lowest BCUT2D eigenvalue weighted by Gasteiger charge is -2.11. The number of esters is 1. The van der Waals surface area contributed by atoms with Crippen LogP contribution < -0.4 is 0 Å². The molecule has 0 bridgehead atoms. The molecule has 0 radical (unpaired) electrons.